The minimum absolute atomic E-state index is 0.0294. The summed E-state index contributed by atoms with van der Waals surface area (Å²) in [6, 6.07) is 8.65. The van der Waals surface area contributed by atoms with Gasteiger partial charge >= 0.3 is 19.4 Å². The van der Waals surface area contributed by atoms with Gasteiger partial charge in [0.2, 0.25) is 0 Å². The minimum Gasteiger partial charge on any atom is -0.464 e. The van der Waals surface area contributed by atoms with Gasteiger partial charge in [0, 0.05) is 6.20 Å². The third kappa shape index (κ3) is 7.81. The number of nitrogen functional groups attached to an aromatic ring is 1. The van der Waals surface area contributed by atoms with Gasteiger partial charge in [0.05, 0.1) is 24.6 Å². The van der Waals surface area contributed by atoms with Crippen LogP contribution in [0.4, 0.5) is 5.82 Å². The first-order valence-electron chi connectivity index (χ1n) is 12.4. The first-order valence-corrected chi connectivity index (χ1v) is 14.8. The molecule has 210 valence electrons. The van der Waals surface area contributed by atoms with Crippen LogP contribution in [0.2, 0.25) is 0 Å². The van der Waals surface area contributed by atoms with E-state index in [1.807, 2.05) is 13.8 Å². The van der Waals surface area contributed by atoms with Crippen molar-refractivity contribution >= 4 is 31.3 Å². The second kappa shape index (κ2) is 13.6. The highest BCUT2D eigenvalue weighted by atomic mass is 32.2. The van der Waals surface area contributed by atoms with E-state index >= 15 is 0 Å². The topological polar surface area (TPSA) is 175 Å². The molecule has 1 aliphatic rings. The van der Waals surface area contributed by atoms with Crippen LogP contribution in [0.3, 0.4) is 0 Å². The summed E-state index contributed by atoms with van der Waals surface area (Å²) in [5, 5.41) is 22.2. The lowest BCUT2D eigenvalue weighted by molar-refractivity contribution is -0.146. The Morgan fingerprint density at radius 1 is 1.21 bits per heavy atom. The Kier molecular flexibility index (Phi) is 10.8. The van der Waals surface area contributed by atoms with Crippen LogP contribution in [-0.4, -0.2) is 62.4 Å². The number of aliphatic hydroxyl groups excluding tert-OH is 2. The quantitative estimate of drug-likeness (QED) is 0.205. The van der Waals surface area contributed by atoms with E-state index in [0.29, 0.717) is 0 Å². The number of nitrogens with one attached hydrogen (secondary N) is 1. The summed E-state index contributed by atoms with van der Waals surface area (Å²) in [7, 11) is -4.17. The number of benzene rings is 1. The number of carbonyl (C=O) groups is 1. The summed E-state index contributed by atoms with van der Waals surface area (Å²) in [5.74, 6) is -0.128. The van der Waals surface area contributed by atoms with Gasteiger partial charge in [-0.3, -0.25) is 13.9 Å². The highest BCUT2D eigenvalue weighted by Crippen LogP contribution is 2.48. The second-order valence-electron chi connectivity index (χ2n) is 8.95. The van der Waals surface area contributed by atoms with Crippen molar-refractivity contribution in [2.45, 2.75) is 62.5 Å². The van der Waals surface area contributed by atoms with E-state index in [9.17, 15) is 24.4 Å². The number of hydrogen-bond acceptors (Lipinski definition) is 11. The third-order valence-corrected chi connectivity index (χ3v) is 9.35. The molecule has 1 fully saturated rings. The highest BCUT2D eigenvalue weighted by molar-refractivity contribution is 8.00. The van der Waals surface area contributed by atoms with Gasteiger partial charge in [0.15, 0.2) is 0 Å². The van der Waals surface area contributed by atoms with Gasteiger partial charge in [-0.1, -0.05) is 44.9 Å². The van der Waals surface area contributed by atoms with Gasteiger partial charge in [-0.05, 0) is 31.0 Å². The van der Waals surface area contributed by atoms with Gasteiger partial charge in [0.25, 0.3) is 0 Å². The summed E-state index contributed by atoms with van der Waals surface area (Å²) in [6.07, 6.45) is 0.440. The molecule has 6 atom stereocenters. The number of carbonyl (C=O) groups excluding carboxylic acids is 1. The number of esters is 1. The Labute approximate surface area is 225 Å². The number of aromatic nitrogens is 2. The first kappa shape index (κ1) is 30.1. The fourth-order valence-electron chi connectivity index (χ4n) is 3.74. The summed E-state index contributed by atoms with van der Waals surface area (Å²) in [4.78, 5) is 28.5. The largest absolute Gasteiger partial charge is 0.464 e. The van der Waals surface area contributed by atoms with Crippen molar-refractivity contribution in [1.29, 1.82) is 0 Å². The number of aliphatic hydroxyl groups is 2. The number of ether oxygens (including phenoxy) is 1. The Bertz CT molecular complexity index is 1170. The number of hydrogen-bond donors (Lipinski definition) is 4. The molecule has 1 unspecified atom stereocenters. The van der Waals surface area contributed by atoms with Crippen molar-refractivity contribution in [3.05, 3.63) is 53.1 Å². The minimum atomic E-state index is -4.17. The highest BCUT2D eigenvalue weighted by Gasteiger charge is 2.45. The molecule has 1 aliphatic heterocycles. The van der Waals surface area contributed by atoms with Crippen LogP contribution in [0.5, 0.6) is 5.75 Å². The zero-order valence-electron chi connectivity index (χ0n) is 21.5. The maximum Gasteiger partial charge on any atom is 0.459 e. The smallest absolute Gasteiger partial charge is 0.459 e. The van der Waals surface area contributed by atoms with Crippen molar-refractivity contribution < 1.29 is 33.4 Å². The Morgan fingerprint density at radius 2 is 1.89 bits per heavy atom. The number of anilines is 1. The number of nitrogens with zero attached hydrogens (tertiary/aromatic N) is 2. The maximum absolute atomic E-state index is 13.7. The van der Waals surface area contributed by atoms with Crippen LogP contribution in [0.1, 0.15) is 39.0 Å². The van der Waals surface area contributed by atoms with Crippen LogP contribution in [0.25, 0.3) is 0 Å². The van der Waals surface area contributed by atoms with Crippen LogP contribution in [0.15, 0.2) is 47.4 Å². The van der Waals surface area contributed by atoms with Gasteiger partial charge in [-0.25, -0.2) is 9.36 Å². The molecule has 0 amide bonds. The van der Waals surface area contributed by atoms with Crippen LogP contribution in [-0.2, 0) is 18.6 Å². The number of rotatable bonds is 13. The molecule has 3 rings (SSSR count). The molecule has 2 heterocycles. The van der Waals surface area contributed by atoms with Crippen molar-refractivity contribution in [2.75, 3.05) is 18.9 Å². The zero-order chi connectivity index (χ0) is 27.9. The van der Waals surface area contributed by atoms with Crippen molar-refractivity contribution in [3.63, 3.8) is 0 Å². The van der Waals surface area contributed by atoms with E-state index in [4.69, 9.17) is 19.5 Å². The monoisotopic (exact) mass is 570 g/mol. The third-order valence-electron chi connectivity index (χ3n) is 6.16. The summed E-state index contributed by atoms with van der Waals surface area (Å²) < 4.78 is 31.6. The maximum atomic E-state index is 13.7. The molecule has 0 aliphatic carbocycles. The lowest BCUT2D eigenvalue weighted by atomic mass is 10.1. The zero-order valence-corrected chi connectivity index (χ0v) is 23.2. The first-order chi connectivity index (χ1) is 18.1. The van der Waals surface area contributed by atoms with Crippen LogP contribution < -0.4 is 21.0 Å². The molecule has 1 aromatic carbocycles. The predicted octanol–water partition coefficient (Wildman–Crippen LogP) is 2.32. The van der Waals surface area contributed by atoms with Crippen molar-refractivity contribution in [2.24, 2.45) is 5.92 Å². The van der Waals surface area contributed by atoms with E-state index in [-0.39, 0.29) is 30.7 Å². The van der Waals surface area contributed by atoms with E-state index in [0.717, 1.165) is 29.2 Å². The standard InChI is InChI=1S/C24H35N4O8PS/c1-4-16(5-2)13-34-23(31)15(3)27-37(33,36-17-9-7-6-8-10-17)35-14-18-20(29)21(30)22(38-18)28-12-11-19(25)26-24(28)32/h6-12,15-16,18,20-22,29-30H,4-5,13-14H2,1-3H3,(H,27,33)(H2,25,26,32)/t15-,18+,20+,21-,22+,37?/m0/s1. The number of para-hydroxylation sites is 1. The Morgan fingerprint density at radius 3 is 2.53 bits per heavy atom. The lowest BCUT2D eigenvalue weighted by Crippen LogP contribution is -2.38. The fourth-order valence-corrected chi connectivity index (χ4v) is 6.79. The predicted molar refractivity (Wildman–Crippen MR) is 144 cm³/mol. The molecule has 0 radical (unpaired) electrons. The normalized spacial score (nSPS) is 23.6. The molecule has 1 aromatic heterocycles. The summed E-state index contributed by atoms with van der Waals surface area (Å²) >= 11 is 1.05. The van der Waals surface area contributed by atoms with Crippen molar-refractivity contribution in [1.82, 2.24) is 14.6 Å². The lowest BCUT2D eigenvalue weighted by Gasteiger charge is -2.25. The molecule has 12 nitrogen and oxygen atoms in total. The molecule has 0 saturated carbocycles. The van der Waals surface area contributed by atoms with E-state index in [2.05, 4.69) is 10.1 Å². The average Bonchev–Trinajstić information content (AvgIpc) is 3.17. The molecule has 1 saturated heterocycles. The van der Waals surface area contributed by atoms with Crippen LogP contribution >= 0.6 is 19.5 Å². The summed E-state index contributed by atoms with van der Waals surface area (Å²) in [6.45, 7) is 5.42. The van der Waals surface area contributed by atoms with Gasteiger partial charge < -0.3 is 25.2 Å². The Balaban J connectivity index is 1.71. The van der Waals surface area contributed by atoms with Crippen molar-refractivity contribution in [3.8, 4) is 5.75 Å². The van der Waals surface area contributed by atoms with Gasteiger partial charge in [-0.2, -0.15) is 10.1 Å². The van der Waals surface area contributed by atoms with Gasteiger partial charge in [0.1, 0.15) is 29.1 Å². The van der Waals surface area contributed by atoms with E-state index in [1.165, 1.54) is 19.2 Å². The fraction of sp³-hybridized carbons (Fsp3) is 0.542. The average molecular weight is 571 g/mol. The molecule has 0 spiro atoms. The Hall–Kier alpha value is -2.41. The number of thioether (sulfide) groups is 1. The van der Waals surface area contributed by atoms with E-state index in [1.54, 1.807) is 30.3 Å². The second-order valence-corrected chi connectivity index (χ2v) is 12.0. The molecule has 38 heavy (non-hydrogen) atoms. The molecule has 5 N–H and O–H groups in total. The van der Waals surface area contributed by atoms with E-state index < -0.39 is 48.3 Å². The molecular weight excluding hydrogens is 535 g/mol. The molecule has 14 heteroatoms. The number of nitrogens with two attached hydrogens (primary N) is 1. The summed E-state index contributed by atoms with van der Waals surface area (Å²) in [5.41, 5.74) is 4.85. The van der Waals surface area contributed by atoms with Gasteiger partial charge in [-0.15, -0.1) is 11.8 Å². The molecular formula is C24H35N4O8PS. The SMILES string of the molecule is CCC(CC)COC(=O)[C@H](C)NP(=O)(OC[C@H]1S[C@@H](n2ccc(N)nc2=O)[C@@H](O)[C@@H]1O)Oc1ccccc1. The molecule has 0 bridgehead atoms. The molecule has 2 aromatic rings. The van der Waals surface area contributed by atoms with Crippen LogP contribution in [0, 0.1) is 5.92 Å².